The van der Waals surface area contributed by atoms with E-state index >= 15 is 0 Å². The molecule has 0 fully saturated rings. The van der Waals surface area contributed by atoms with Crippen molar-refractivity contribution in [1.29, 1.82) is 0 Å². The van der Waals surface area contributed by atoms with Crippen LogP contribution in [-0.2, 0) is 0 Å². The minimum atomic E-state index is -0.506. The molecule has 1 aromatic carbocycles. The largest absolute Gasteiger partial charge is 0.350 e. The molecule has 1 rings (SSSR count). The fourth-order valence-corrected chi connectivity index (χ4v) is 1.66. The monoisotopic (exact) mass is 288 g/mol. The maximum Gasteiger partial charge on any atom is 0.254 e. The normalized spacial score (nSPS) is 10.8. The Labute approximate surface area is 120 Å². The molecule has 0 radical (unpaired) electrons. The number of hydrogen-bond donors (Lipinski definition) is 2. The highest BCUT2D eigenvalue weighted by molar-refractivity contribution is 5.94. The molecule has 0 aliphatic rings. The van der Waals surface area contributed by atoms with Gasteiger partial charge in [-0.3, -0.25) is 4.79 Å². The van der Waals surface area contributed by atoms with Gasteiger partial charge in [0.25, 0.3) is 5.91 Å². The summed E-state index contributed by atoms with van der Waals surface area (Å²) in [4.78, 5) is 11.9. The average Bonchev–Trinajstić information content (AvgIpc) is 2.38. The lowest BCUT2D eigenvalue weighted by atomic mass is 9.94. The van der Waals surface area contributed by atoms with Gasteiger partial charge < -0.3 is 11.1 Å². The second kappa shape index (κ2) is 7.46. The quantitative estimate of drug-likeness (QED) is 0.875. The predicted octanol–water partition coefficient (Wildman–Crippen LogP) is 2.80. The first-order valence-electron chi connectivity index (χ1n) is 6.25. The zero-order valence-electron chi connectivity index (χ0n) is 11.6. The number of amides is 1. The number of rotatable bonds is 5. The molecule has 0 atom stereocenters. The molecule has 5 heteroatoms. The SMILES string of the molecule is CCC(N)(CC)CNC(=O)c1cc(C)ccc1F.Cl. The molecule has 0 bridgehead atoms. The molecule has 0 aromatic heterocycles. The molecule has 0 heterocycles. The summed E-state index contributed by atoms with van der Waals surface area (Å²) in [5, 5.41) is 2.71. The smallest absolute Gasteiger partial charge is 0.254 e. The van der Waals surface area contributed by atoms with Gasteiger partial charge in [-0.15, -0.1) is 12.4 Å². The molecule has 0 aliphatic carbocycles. The maximum atomic E-state index is 13.5. The first kappa shape index (κ1) is 17.9. The van der Waals surface area contributed by atoms with Crippen molar-refractivity contribution in [1.82, 2.24) is 5.32 Å². The molecular formula is C14H22ClFN2O. The minimum absolute atomic E-state index is 0. The molecule has 0 aliphatic heterocycles. The molecule has 0 saturated carbocycles. The summed E-state index contributed by atoms with van der Waals surface area (Å²) in [5.41, 5.74) is 6.59. The molecule has 0 spiro atoms. The van der Waals surface area contributed by atoms with Crippen molar-refractivity contribution in [2.75, 3.05) is 6.54 Å². The Morgan fingerprint density at radius 2 is 1.95 bits per heavy atom. The summed E-state index contributed by atoms with van der Waals surface area (Å²) in [7, 11) is 0. The number of carbonyl (C=O) groups excluding carboxylic acids is 1. The van der Waals surface area contributed by atoms with Crippen LogP contribution in [-0.4, -0.2) is 18.0 Å². The van der Waals surface area contributed by atoms with E-state index in [9.17, 15) is 9.18 Å². The fourth-order valence-electron chi connectivity index (χ4n) is 1.66. The first-order chi connectivity index (χ1) is 8.41. The van der Waals surface area contributed by atoms with Gasteiger partial charge in [-0.25, -0.2) is 4.39 Å². The zero-order valence-corrected chi connectivity index (χ0v) is 12.4. The first-order valence-corrected chi connectivity index (χ1v) is 6.25. The number of nitrogens with two attached hydrogens (primary N) is 1. The summed E-state index contributed by atoms with van der Waals surface area (Å²) in [6, 6.07) is 4.48. The predicted molar refractivity (Wildman–Crippen MR) is 78.2 cm³/mol. The summed E-state index contributed by atoms with van der Waals surface area (Å²) < 4.78 is 13.5. The van der Waals surface area contributed by atoms with E-state index in [1.807, 2.05) is 20.8 Å². The van der Waals surface area contributed by atoms with E-state index in [-0.39, 0.29) is 18.0 Å². The summed E-state index contributed by atoms with van der Waals surface area (Å²) in [6.07, 6.45) is 1.53. The second-order valence-corrected chi connectivity index (χ2v) is 4.74. The lowest BCUT2D eigenvalue weighted by molar-refractivity contribution is 0.0938. The molecular weight excluding hydrogens is 267 g/mol. The zero-order chi connectivity index (χ0) is 13.8. The van der Waals surface area contributed by atoms with E-state index < -0.39 is 17.3 Å². The molecule has 0 saturated heterocycles. The molecule has 1 aromatic rings. The summed E-state index contributed by atoms with van der Waals surface area (Å²) in [6.45, 7) is 6.12. The van der Waals surface area contributed by atoms with E-state index in [2.05, 4.69) is 5.32 Å². The van der Waals surface area contributed by atoms with E-state index in [4.69, 9.17) is 5.73 Å². The third-order valence-corrected chi connectivity index (χ3v) is 3.38. The van der Waals surface area contributed by atoms with Gasteiger partial charge in [0.05, 0.1) is 5.56 Å². The standard InChI is InChI=1S/C14H21FN2O.ClH/c1-4-14(16,5-2)9-17-13(18)11-8-10(3)6-7-12(11)15;/h6-8H,4-5,9,16H2,1-3H3,(H,17,18);1H. The van der Waals surface area contributed by atoms with Gasteiger partial charge in [0.15, 0.2) is 0 Å². The molecule has 3 N–H and O–H groups in total. The van der Waals surface area contributed by atoms with Crippen LogP contribution in [0, 0.1) is 12.7 Å². The average molecular weight is 289 g/mol. The van der Waals surface area contributed by atoms with Crippen LogP contribution in [0.5, 0.6) is 0 Å². The topological polar surface area (TPSA) is 55.1 Å². The number of carbonyl (C=O) groups is 1. The van der Waals surface area contributed by atoms with E-state index in [0.29, 0.717) is 6.54 Å². The summed E-state index contributed by atoms with van der Waals surface area (Å²) in [5.74, 6) is -0.915. The van der Waals surface area contributed by atoms with Gasteiger partial charge in [0, 0.05) is 12.1 Å². The maximum absolute atomic E-state index is 13.5. The van der Waals surface area contributed by atoms with Crippen molar-refractivity contribution in [2.24, 2.45) is 5.73 Å². The van der Waals surface area contributed by atoms with Crippen LogP contribution in [0.4, 0.5) is 4.39 Å². The Bertz CT molecular complexity index is 433. The van der Waals surface area contributed by atoms with Gasteiger partial charge >= 0.3 is 0 Å². The lowest BCUT2D eigenvalue weighted by Gasteiger charge is -2.26. The van der Waals surface area contributed by atoms with Crippen LogP contribution < -0.4 is 11.1 Å². The Morgan fingerprint density at radius 3 is 2.47 bits per heavy atom. The number of halogens is 2. The number of aryl methyl sites for hydroxylation is 1. The van der Waals surface area contributed by atoms with Crippen molar-refractivity contribution in [3.8, 4) is 0 Å². The van der Waals surface area contributed by atoms with Crippen molar-refractivity contribution >= 4 is 18.3 Å². The van der Waals surface area contributed by atoms with Crippen LogP contribution in [0.3, 0.4) is 0 Å². The van der Waals surface area contributed by atoms with Crippen LogP contribution in [0.15, 0.2) is 18.2 Å². The van der Waals surface area contributed by atoms with E-state index in [1.54, 1.807) is 12.1 Å². The van der Waals surface area contributed by atoms with E-state index in [0.717, 1.165) is 18.4 Å². The van der Waals surface area contributed by atoms with Crippen LogP contribution in [0.25, 0.3) is 0 Å². The van der Waals surface area contributed by atoms with Gasteiger partial charge in [0.2, 0.25) is 0 Å². The third-order valence-electron chi connectivity index (χ3n) is 3.38. The van der Waals surface area contributed by atoms with Gasteiger partial charge in [0.1, 0.15) is 5.82 Å². The van der Waals surface area contributed by atoms with Crippen molar-refractivity contribution in [2.45, 2.75) is 39.2 Å². The highest BCUT2D eigenvalue weighted by Gasteiger charge is 2.22. The van der Waals surface area contributed by atoms with Gasteiger partial charge in [-0.2, -0.15) is 0 Å². The molecule has 3 nitrogen and oxygen atoms in total. The minimum Gasteiger partial charge on any atom is -0.350 e. The Morgan fingerprint density at radius 1 is 1.37 bits per heavy atom. The highest BCUT2D eigenvalue weighted by Crippen LogP contribution is 2.12. The fraction of sp³-hybridized carbons (Fsp3) is 0.500. The lowest BCUT2D eigenvalue weighted by Crippen LogP contribution is -2.49. The van der Waals surface area contributed by atoms with Crippen LogP contribution >= 0.6 is 12.4 Å². The van der Waals surface area contributed by atoms with Crippen molar-refractivity contribution in [3.05, 3.63) is 35.1 Å². The molecule has 1 amide bonds. The van der Waals surface area contributed by atoms with E-state index in [1.165, 1.54) is 6.07 Å². The Hall–Kier alpha value is -1.13. The third kappa shape index (κ3) is 4.80. The van der Waals surface area contributed by atoms with Crippen LogP contribution in [0.1, 0.15) is 42.6 Å². The van der Waals surface area contributed by atoms with Crippen molar-refractivity contribution in [3.63, 3.8) is 0 Å². The Kier molecular flexibility index (Phi) is 7.01. The molecule has 19 heavy (non-hydrogen) atoms. The van der Waals surface area contributed by atoms with Crippen LogP contribution in [0.2, 0.25) is 0 Å². The number of hydrogen-bond acceptors (Lipinski definition) is 2. The Balaban J connectivity index is 0.00000324. The van der Waals surface area contributed by atoms with Gasteiger partial charge in [-0.1, -0.05) is 25.5 Å². The second-order valence-electron chi connectivity index (χ2n) is 4.74. The molecule has 0 unspecified atom stereocenters. The summed E-state index contributed by atoms with van der Waals surface area (Å²) >= 11 is 0. The highest BCUT2D eigenvalue weighted by atomic mass is 35.5. The molecule has 108 valence electrons. The number of benzene rings is 1. The van der Waals surface area contributed by atoms with Gasteiger partial charge in [-0.05, 0) is 31.9 Å². The number of nitrogens with one attached hydrogen (secondary N) is 1. The van der Waals surface area contributed by atoms with Crippen molar-refractivity contribution < 1.29 is 9.18 Å².